The second-order valence-corrected chi connectivity index (χ2v) is 6.82. The van der Waals surface area contributed by atoms with Gasteiger partial charge >= 0.3 is 12.1 Å². The summed E-state index contributed by atoms with van der Waals surface area (Å²) in [6.07, 6.45) is 5.43. The van der Waals surface area contributed by atoms with Gasteiger partial charge in [-0.15, -0.1) is 0 Å². The van der Waals surface area contributed by atoms with E-state index in [-0.39, 0.29) is 5.56 Å². The largest absolute Gasteiger partial charge is 0.478 e. The highest BCUT2D eigenvalue weighted by Gasteiger charge is 2.42. The highest BCUT2D eigenvalue weighted by atomic mass is 16.5. The number of carbonyl (C=O) groups excluding carboxylic acids is 1. The molecule has 7 heteroatoms. The minimum atomic E-state index is -0.996. The van der Waals surface area contributed by atoms with Gasteiger partial charge in [0.15, 0.2) is 0 Å². The average molecular weight is 355 g/mol. The number of anilines is 1. The summed E-state index contributed by atoms with van der Waals surface area (Å²) >= 11 is 0. The Hall–Kier alpha value is -3.09. The first-order valence-electron chi connectivity index (χ1n) is 8.20. The molecule has 1 aliphatic rings. The number of carboxylic acid groups (broad SMARTS) is 1. The van der Waals surface area contributed by atoms with Crippen molar-refractivity contribution < 1.29 is 19.4 Å². The van der Waals surface area contributed by atoms with Gasteiger partial charge in [-0.3, -0.25) is 4.90 Å². The lowest BCUT2D eigenvalue weighted by Gasteiger charge is -2.26. The van der Waals surface area contributed by atoms with Crippen LogP contribution in [0.3, 0.4) is 0 Å². The predicted molar refractivity (Wildman–Crippen MR) is 96.5 cm³/mol. The van der Waals surface area contributed by atoms with Crippen molar-refractivity contribution >= 4 is 17.7 Å². The number of hydrogen-bond donors (Lipinski definition) is 1. The molecule has 1 aromatic heterocycles. The zero-order valence-electron chi connectivity index (χ0n) is 14.8. The van der Waals surface area contributed by atoms with Crippen LogP contribution in [0, 0.1) is 0 Å². The molecule has 0 fully saturated rings. The zero-order chi connectivity index (χ0) is 18.9. The van der Waals surface area contributed by atoms with Crippen LogP contribution in [0.1, 0.15) is 29.3 Å². The number of carboxylic acids is 1. The van der Waals surface area contributed by atoms with Gasteiger partial charge in [0.25, 0.3) is 0 Å². The summed E-state index contributed by atoms with van der Waals surface area (Å²) in [5.74, 6) is -0.996. The van der Waals surface area contributed by atoms with E-state index in [9.17, 15) is 14.7 Å². The summed E-state index contributed by atoms with van der Waals surface area (Å²) in [5.41, 5.74) is 2.20. The third kappa shape index (κ3) is 3.20. The van der Waals surface area contributed by atoms with Gasteiger partial charge in [0.05, 0.1) is 24.7 Å². The Morgan fingerprint density at radius 3 is 2.81 bits per heavy atom. The van der Waals surface area contributed by atoms with E-state index < -0.39 is 17.5 Å². The van der Waals surface area contributed by atoms with Crippen molar-refractivity contribution in [1.29, 1.82) is 0 Å². The number of nitrogens with zero attached hydrogens (tertiary/aromatic N) is 3. The molecule has 1 N–H and O–H groups in total. The molecule has 0 saturated carbocycles. The Kier molecular flexibility index (Phi) is 4.54. The molecule has 26 heavy (non-hydrogen) atoms. The number of ether oxygens (including phenoxy) is 1. The summed E-state index contributed by atoms with van der Waals surface area (Å²) in [5, 5.41) is 9.33. The van der Waals surface area contributed by atoms with Crippen LogP contribution in [0.2, 0.25) is 0 Å². The van der Waals surface area contributed by atoms with Crippen LogP contribution in [0.15, 0.2) is 49.1 Å². The third-order valence-corrected chi connectivity index (χ3v) is 4.69. The van der Waals surface area contributed by atoms with Crippen molar-refractivity contribution in [1.82, 2.24) is 9.55 Å². The Bertz CT molecular complexity index is 860. The first-order valence-corrected chi connectivity index (χ1v) is 8.20. The maximum Gasteiger partial charge on any atom is 0.414 e. The third-order valence-electron chi connectivity index (χ3n) is 4.69. The van der Waals surface area contributed by atoms with E-state index >= 15 is 0 Å². The molecule has 1 atom stereocenters. The van der Waals surface area contributed by atoms with E-state index in [1.807, 2.05) is 17.7 Å². The number of amides is 1. The van der Waals surface area contributed by atoms with E-state index in [1.54, 1.807) is 29.6 Å². The number of imidazole rings is 1. The number of allylic oxidation sites excluding steroid dienone is 1. The maximum atomic E-state index is 12.2. The van der Waals surface area contributed by atoms with Crippen molar-refractivity contribution in [3.05, 3.63) is 60.2 Å². The van der Waals surface area contributed by atoms with Crippen LogP contribution in [0.4, 0.5) is 10.5 Å². The van der Waals surface area contributed by atoms with Gasteiger partial charge in [0, 0.05) is 30.9 Å². The fraction of sp³-hybridized carbons (Fsp3) is 0.316. The van der Waals surface area contributed by atoms with Crippen LogP contribution in [0.25, 0.3) is 0 Å². The molecule has 2 aromatic rings. The molecule has 1 amide bonds. The van der Waals surface area contributed by atoms with Crippen molar-refractivity contribution in [3.8, 4) is 0 Å². The number of aromatic carboxylic acids is 1. The number of methoxy groups -OCH3 is 1. The molecule has 0 spiro atoms. The number of rotatable bonds is 5. The van der Waals surface area contributed by atoms with Gasteiger partial charge in [-0.2, -0.15) is 0 Å². The lowest BCUT2D eigenvalue weighted by molar-refractivity contribution is 0.0696. The molecule has 0 aliphatic carbocycles. The van der Waals surface area contributed by atoms with Crippen LogP contribution in [-0.2, 0) is 16.7 Å². The molecule has 0 radical (unpaired) electrons. The van der Waals surface area contributed by atoms with Crippen molar-refractivity contribution in [3.63, 3.8) is 0 Å². The van der Waals surface area contributed by atoms with E-state index in [0.29, 0.717) is 25.2 Å². The minimum absolute atomic E-state index is 0.196. The molecule has 136 valence electrons. The lowest BCUT2D eigenvalue weighted by Crippen LogP contribution is -2.35. The van der Waals surface area contributed by atoms with Crippen LogP contribution in [-0.4, -0.2) is 40.4 Å². The van der Waals surface area contributed by atoms with Crippen LogP contribution >= 0.6 is 0 Å². The van der Waals surface area contributed by atoms with E-state index in [2.05, 4.69) is 11.6 Å². The number of aromatic nitrogens is 2. The topological polar surface area (TPSA) is 84.7 Å². The summed E-state index contributed by atoms with van der Waals surface area (Å²) < 4.78 is 6.81. The summed E-state index contributed by atoms with van der Waals surface area (Å²) in [7, 11) is 1.33. The first-order chi connectivity index (χ1) is 12.3. The SMILES string of the molecule is C=C(Cn1ccnc1)CC1(C)CN(C(=O)OC)c2ccc(C(=O)O)cc21. The molecule has 0 saturated heterocycles. The number of hydrogen-bond acceptors (Lipinski definition) is 4. The zero-order valence-corrected chi connectivity index (χ0v) is 14.8. The summed E-state index contributed by atoms with van der Waals surface area (Å²) in [6.45, 7) is 7.19. The Balaban J connectivity index is 1.93. The highest BCUT2D eigenvalue weighted by molar-refractivity contribution is 5.94. The van der Waals surface area contributed by atoms with Gasteiger partial charge in [0.1, 0.15) is 0 Å². The Morgan fingerprint density at radius 1 is 1.42 bits per heavy atom. The van der Waals surface area contributed by atoms with Crippen molar-refractivity contribution in [2.45, 2.75) is 25.3 Å². The highest BCUT2D eigenvalue weighted by Crippen LogP contribution is 2.45. The molecular formula is C19H21N3O4. The quantitative estimate of drug-likeness (QED) is 0.833. The maximum absolute atomic E-state index is 12.2. The average Bonchev–Trinajstić information content (AvgIpc) is 3.20. The second kappa shape index (κ2) is 6.67. The Labute approximate surface area is 151 Å². The van der Waals surface area contributed by atoms with Gasteiger partial charge in [0.2, 0.25) is 0 Å². The van der Waals surface area contributed by atoms with Gasteiger partial charge in [-0.25, -0.2) is 14.6 Å². The van der Waals surface area contributed by atoms with Crippen LogP contribution < -0.4 is 4.90 Å². The fourth-order valence-electron chi connectivity index (χ4n) is 3.58. The molecule has 1 aromatic carbocycles. The van der Waals surface area contributed by atoms with Gasteiger partial charge in [-0.05, 0) is 30.2 Å². The predicted octanol–water partition coefficient (Wildman–Crippen LogP) is 3.07. The normalized spacial score (nSPS) is 18.5. The van der Waals surface area contributed by atoms with Crippen molar-refractivity contribution in [2.75, 3.05) is 18.6 Å². The number of fused-ring (bicyclic) bond motifs is 1. The molecular weight excluding hydrogens is 334 g/mol. The second-order valence-electron chi connectivity index (χ2n) is 6.82. The molecule has 1 unspecified atom stereocenters. The molecule has 2 heterocycles. The smallest absolute Gasteiger partial charge is 0.414 e. The first kappa shape index (κ1) is 17.7. The molecule has 7 nitrogen and oxygen atoms in total. The van der Waals surface area contributed by atoms with E-state index in [1.165, 1.54) is 13.2 Å². The lowest BCUT2D eigenvalue weighted by atomic mass is 9.78. The molecule has 0 bridgehead atoms. The standard InChI is InChI=1S/C19H21N3O4/c1-13(10-21-7-6-20-12-21)9-19(2)11-22(18(25)26-3)16-5-4-14(17(23)24)8-15(16)19/h4-8,12H,1,9-11H2,2-3H3,(H,23,24). The number of benzene rings is 1. The van der Waals surface area contributed by atoms with E-state index in [4.69, 9.17) is 4.74 Å². The summed E-state index contributed by atoms with van der Waals surface area (Å²) in [6, 6.07) is 4.81. The molecule has 1 aliphatic heterocycles. The van der Waals surface area contributed by atoms with Crippen molar-refractivity contribution in [2.24, 2.45) is 0 Å². The fourth-order valence-corrected chi connectivity index (χ4v) is 3.58. The molecule has 3 rings (SSSR count). The minimum Gasteiger partial charge on any atom is -0.478 e. The van der Waals surface area contributed by atoms with Gasteiger partial charge in [-0.1, -0.05) is 19.1 Å². The van der Waals surface area contributed by atoms with E-state index in [0.717, 1.165) is 11.1 Å². The monoisotopic (exact) mass is 355 g/mol. The Morgan fingerprint density at radius 2 is 2.19 bits per heavy atom. The van der Waals surface area contributed by atoms with Crippen LogP contribution in [0.5, 0.6) is 0 Å². The van der Waals surface area contributed by atoms with Gasteiger partial charge < -0.3 is 14.4 Å². The summed E-state index contributed by atoms with van der Waals surface area (Å²) in [4.78, 5) is 29.1. The number of carbonyl (C=O) groups is 2.